The summed E-state index contributed by atoms with van der Waals surface area (Å²) in [6.07, 6.45) is 7.23. The van der Waals surface area contributed by atoms with Crippen molar-refractivity contribution in [3.63, 3.8) is 0 Å². The Hall–Kier alpha value is -0.900. The van der Waals surface area contributed by atoms with Crippen LogP contribution in [0, 0.1) is 5.92 Å². The highest BCUT2D eigenvalue weighted by Gasteiger charge is 2.27. The zero-order valence-corrected chi connectivity index (χ0v) is 14.1. The minimum absolute atomic E-state index is 0.283. The highest BCUT2D eigenvalue weighted by atomic mass is 16.5. The Kier molecular flexibility index (Phi) is 6.22. The quantitative estimate of drug-likeness (QED) is 0.816. The lowest BCUT2D eigenvalue weighted by Gasteiger charge is -2.23. The van der Waals surface area contributed by atoms with Crippen molar-refractivity contribution in [2.45, 2.75) is 84.1 Å². The molecule has 2 unspecified atom stereocenters. The number of nitrogens with one attached hydrogen (secondary N) is 1. The first-order valence-electron chi connectivity index (χ1n) is 8.72. The fourth-order valence-electron chi connectivity index (χ4n) is 3.29. The van der Waals surface area contributed by atoms with E-state index in [4.69, 9.17) is 9.51 Å². The molecule has 4 heteroatoms. The van der Waals surface area contributed by atoms with Crippen molar-refractivity contribution in [3.8, 4) is 0 Å². The molecule has 120 valence electrons. The number of rotatable bonds is 7. The second-order valence-corrected chi connectivity index (χ2v) is 6.71. The Bertz CT molecular complexity index is 410. The molecule has 1 heterocycles. The maximum absolute atomic E-state index is 5.57. The molecule has 0 spiro atoms. The van der Waals surface area contributed by atoms with Crippen molar-refractivity contribution in [2.75, 3.05) is 6.54 Å². The molecule has 1 aromatic rings. The van der Waals surface area contributed by atoms with Crippen molar-refractivity contribution in [1.29, 1.82) is 0 Å². The van der Waals surface area contributed by atoms with Crippen LogP contribution in [-0.2, 0) is 0 Å². The zero-order chi connectivity index (χ0) is 15.2. The van der Waals surface area contributed by atoms with E-state index in [9.17, 15) is 0 Å². The molecule has 4 nitrogen and oxygen atoms in total. The molecule has 0 bridgehead atoms. The highest BCUT2D eigenvalue weighted by Crippen LogP contribution is 2.34. The minimum Gasteiger partial charge on any atom is -0.339 e. The van der Waals surface area contributed by atoms with Gasteiger partial charge in [0.1, 0.15) is 0 Å². The molecule has 2 rings (SSSR count). The second-order valence-electron chi connectivity index (χ2n) is 6.71. The van der Waals surface area contributed by atoms with Crippen LogP contribution in [0.4, 0.5) is 0 Å². The van der Waals surface area contributed by atoms with Crippen LogP contribution >= 0.6 is 0 Å². The third-order valence-corrected chi connectivity index (χ3v) is 4.93. The molecule has 1 aliphatic carbocycles. The summed E-state index contributed by atoms with van der Waals surface area (Å²) in [4.78, 5) is 4.72. The van der Waals surface area contributed by atoms with Crippen molar-refractivity contribution in [2.24, 2.45) is 5.92 Å². The maximum atomic E-state index is 5.57. The first-order valence-corrected chi connectivity index (χ1v) is 8.72. The predicted octanol–water partition coefficient (Wildman–Crippen LogP) is 4.25. The van der Waals surface area contributed by atoms with Crippen molar-refractivity contribution in [3.05, 3.63) is 11.7 Å². The first kappa shape index (κ1) is 16.5. The smallest absolute Gasteiger partial charge is 0.231 e. The normalized spacial score (nSPS) is 25.7. The molecule has 0 aromatic carbocycles. The predicted molar refractivity (Wildman–Crippen MR) is 85.5 cm³/mol. The summed E-state index contributed by atoms with van der Waals surface area (Å²) in [5.41, 5.74) is 0. The lowest BCUT2D eigenvalue weighted by atomic mass is 9.83. The van der Waals surface area contributed by atoms with Gasteiger partial charge in [-0.25, -0.2) is 0 Å². The standard InChI is InChI=1S/C17H31N3O/c1-5-11-18-15(6-2)13(4)17-19-16(20-21-17)14-9-7-12(3)8-10-14/h12-15,18H,5-11H2,1-4H3. The van der Waals surface area contributed by atoms with Crippen LogP contribution in [0.15, 0.2) is 4.52 Å². The number of aromatic nitrogens is 2. The van der Waals surface area contributed by atoms with Crippen LogP contribution in [0.3, 0.4) is 0 Å². The lowest BCUT2D eigenvalue weighted by Crippen LogP contribution is -2.33. The minimum atomic E-state index is 0.283. The van der Waals surface area contributed by atoms with Gasteiger partial charge in [0.05, 0.1) is 5.92 Å². The maximum Gasteiger partial charge on any atom is 0.231 e. The van der Waals surface area contributed by atoms with E-state index in [1.54, 1.807) is 0 Å². The highest BCUT2D eigenvalue weighted by molar-refractivity contribution is 5.02. The molecule has 2 atom stereocenters. The summed E-state index contributed by atoms with van der Waals surface area (Å²) >= 11 is 0. The molecule has 1 N–H and O–H groups in total. The van der Waals surface area contributed by atoms with Gasteiger partial charge in [0, 0.05) is 12.0 Å². The average Bonchev–Trinajstić information content (AvgIpc) is 2.98. The third kappa shape index (κ3) is 4.29. The molecular weight excluding hydrogens is 262 g/mol. The fraction of sp³-hybridized carbons (Fsp3) is 0.882. The number of nitrogens with zero attached hydrogens (tertiary/aromatic N) is 2. The van der Waals surface area contributed by atoms with Crippen molar-refractivity contribution in [1.82, 2.24) is 15.5 Å². The van der Waals surface area contributed by atoms with Crippen LogP contribution in [-0.4, -0.2) is 22.7 Å². The van der Waals surface area contributed by atoms with E-state index < -0.39 is 0 Å². The molecule has 0 saturated heterocycles. The number of hydrogen-bond acceptors (Lipinski definition) is 4. The average molecular weight is 293 g/mol. The van der Waals surface area contributed by atoms with Gasteiger partial charge in [-0.05, 0) is 38.1 Å². The van der Waals surface area contributed by atoms with E-state index in [2.05, 4.69) is 38.2 Å². The van der Waals surface area contributed by atoms with Gasteiger partial charge in [0.15, 0.2) is 5.82 Å². The second kappa shape index (κ2) is 7.92. The molecule has 1 fully saturated rings. The Morgan fingerprint density at radius 1 is 1.24 bits per heavy atom. The van der Waals surface area contributed by atoms with Crippen molar-refractivity contribution >= 4 is 0 Å². The summed E-state index contributed by atoms with van der Waals surface area (Å²) < 4.78 is 5.57. The molecule has 1 saturated carbocycles. The van der Waals surface area contributed by atoms with Crippen LogP contribution < -0.4 is 5.32 Å². The third-order valence-electron chi connectivity index (χ3n) is 4.93. The van der Waals surface area contributed by atoms with Crippen LogP contribution in [0.25, 0.3) is 0 Å². The van der Waals surface area contributed by atoms with Crippen LogP contribution in [0.1, 0.15) is 89.8 Å². The van der Waals surface area contributed by atoms with Gasteiger partial charge in [-0.1, -0.05) is 45.7 Å². The Morgan fingerprint density at radius 3 is 2.57 bits per heavy atom. The Labute approximate surface area is 129 Å². The van der Waals surface area contributed by atoms with Gasteiger partial charge in [0.2, 0.25) is 5.89 Å². The summed E-state index contributed by atoms with van der Waals surface area (Å²) in [5, 5.41) is 7.85. The monoisotopic (exact) mass is 293 g/mol. The lowest BCUT2D eigenvalue weighted by molar-refractivity contribution is 0.306. The van der Waals surface area contributed by atoms with Gasteiger partial charge in [-0.2, -0.15) is 4.98 Å². The molecule has 21 heavy (non-hydrogen) atoms. The van der Waals surface area contributed by atoms with E-state index in [0.29, 0.717) is 12.0 Å². The molecule has 1 aromatic heterocycles. The van der Waals surface area contributed by atoms with Crippen LogP contribution in [0.5, 0.6) is 0 Å². The van der Waals surface area contributed by atoms with Gasteiger partial charge in [0.25, 0.3) is 0 Å². The largest absolute Gasteiger partial charge is 0.339 e. The Morgan fingerprint density at radius 2 is 1.95 bits per heavy atom. The summed E-state index contributed by atoms with van der Waals surface area (Å²) in [6.45, 7) is 9.98. The summed E-state index contributed by atoms with van der Waals surface area (Å²) in [7, 11) is 0. The van der Waals surface area contributed by atoms with Crippen LogP contribution in [0.2, 0.25) is 0 Å². The Balaban J connectivity index is 1.97. The number of hydrogen-bond donors (Lipinski definition) is 1. The van der Waals surface area contributed by atoms with E-state index in [-0.39, 0.29) is 5.92 Å². The van der Waals surface area contributed by atoms with E-state index in [1.165, 1.54) is 25.7 Å². The molecule has 1 aliphatic rings. The summed E-state index contributed by atoms with van der Waals surface area (Å²) in [5.74, 6) is 3.39. The van der Waals surface area contributed by atoms with Gasteiger partial charge < -0.3 is 9.84 Å². The molecule has 0 radical (unpaired) electrons. The van der Waals surface area contributed by atoms with Gasteiger partial charge in [-0.15, -0.1) is 0 Å². The van der Waals surface area contributed by atoms with E-state index in [0.717, 1.165) is 37.0 Å². The molecule has 0 aliphatic heterocycles. The SMILES string of the molecule is CCCNC(CC)C(C)c1nc(C2CCC(C)CC2)no1. The van der Waals surface area contributed by atoms with Crippen molar-refractivity contribution < 1.29 is 4.52 Å². The van der Waals surface area contributed by atoms with E-state index in [1.807, 2.05) is 0 Å². The zero-order valence-electron chi connectivity index (χ0n) is 14.1. The first-order chi connectivity index (χ1) is 10.2. The summed E-state index contributed by atoms with van der Waals surface area (Å²) in [6, 6.07) is 0.421. The molecule has 0 amide bonds. The molecular formula is C17H31N3O. The fourth-order valence-corrected chi connectivity index (χ4v) is 3.29. The topological polar surface area (TPSA) is 51.0 Å². The van der Waals surface area contributed by atoms with Gasteiger partial charge >= 0.3 is 0 Å². The van der Waals surface area contributed by atoms with E-state index >= 15 is 0 Å². The van der Waals surface area contributed by atoms with Gasteiger partial charge in [-0.3, -0.25) is 0 Å².